The number of carbonyl (C=O) groups is 2. The number of thioether (sulfide) groups is 1. The Hall–Kier alpha value is -3.37. The molecule has 0 atom stereocenters. The molecule has 1 N–H and O–H groups in total. The van der Waals surface area contributed by atoms with Gasteiger partial charge in [-0.3, -0.25) is 9.78 Å². The highest BCUT2D eigenvalue weighted by molar-refractivity contribution is 8.03. The van der Waals surface area contributed by atoms with Crippen LogP contribution in [-0.4, -0.2) is 23.5 Å². The van der Waals surface area contributed by atoms with E-state index >= 15 is 0 Å². The lowest BCUT2D eigenvalue weighted by Gasteiger charge is -2.13. The van der Waals surface area contributed by atoms with Crippen molar-refractivity contribution in [3.8, 4) is 5.40 Å². The SMILES string of the molecule is CCc1nc2ccccc2c(C(=O)OCC(=O)Nc2ccc(SC#N)cc2C)c1C. The van der Waals surface area contributed by atoms with Crippen LogP contribution in [0.1, 0.15) is 34.1 Å². The number of thiocyanates is 1. The Balaban J connectivity index is 1.74. The van der Waals surface area contributed by atoms with E-state index in [0.717, 1.165) is 39.0 Å². The van der Waals surface area contributed by atoms with Gasteiger partial charge in [0.1, 0.15) is 5.40 Å². The number of carbonyl (C=O) groups excluding carboxylic acids is 2. The van der Waals surface area contributed by atoms with Crippen molar-refractivity contribution >= 4 is 40.2 Å². The minimum absolute atomic E-state index is 0.398. The van der Waals surface area contributed by atoms with E-state index in [4.69, 9.17) is 10.00 Å². The molecule has 2 aromatic carbocycles. The topological polar surface area (TPSA) is 92.1 Å². The molecule has 0 saturated heterocycles. The number of nitrogens with zero attached hydrogens (tertiary/aromatic N) is 2. The van der Waals surface area contributed by atoms with Gasteiger partial charge in [0.2, 0.25) is 0 Å². The fraction of sp³-hybridized carbons (Fsp3) is 0.217. The first-order valence-corrected chi connectivity index (χ1v) is 10.3. The van der Waals surface area contributed by atoms with Crippen LogP contribution in [-0.2, 0) is 16.0 Å². The number of ether oxygens (including phenoxy) is 1. The van der Waals surface area contributed by atoms with Gasteiger partial charge < -0.3 is 10.1 Å². The van der Waals surface area contributed by atoms with Crippen LogP contribution in [0.15, 0.2) is 47.4 Å². The van der Waals surface area contributed by atoms with Crippen molar-refractivity contribution in [1.82, 2.24) is 4.98 Å². The minimum atomic E-state index is -0.548. The summed E-state index contributed by atoms with van der Waals surface area (Å²) in [5.41, 5.74) is 4.19. The Morgan fingerprint density at radius 2 is 1.97 bits per heavy atom. The van der Waals surface area contributed by atoms with Gasteiger partial charge in [0.05, 0.1) is 11.1 Å². The van der Waals surface area contributed by atoms with E-state index in [1.165, 1.54) is 0 Å². The highest BCUT2D eigenvalue weighted by Crippen LogP contribution is 2.25. The molecule has 6 nitrogen and oxygen atoms in total. The van der Waals surface area contributed by atoms with Crippen molar-refractivity contribution < 1.29 is 14.3 Å². The predicted molar refractivity (Wildman–Crippen MR) is 117 cm³/mol. The quantitative estimate of drug-likeness (QED) is 0.351. The smallest absolute Gasteiger partial charge is 0.339 e. The predicted octanol–water partition coefficient (Wildman–Crippen LogP) is 4.78. The van der Waals surface area contributed by atoms with Gasteiger partial charge in [0.25, 0.3) is 5.91 Å². The van der Waals surface area contributed by atoms with E-state index in [0.29, 0.717) is 23.1 Å². The largest absolute Gasteiger partial charge is 0.452 e. The summed E-state index contributed by atoms with van der Waals surface area (Å²) in [6.45, 7) is 5.26. The van der Waals surface area contributed by atoms with E-state index in [1.807, 2.05) is 56.5 Å². The second kappa shape index (κ2) is 9.42. The Bertz CT molecular complexity index is 1170. The van der Waals surface area contributed by atoms with Crippen LogP contribution < -0.4 is 5.32 Å². The standard InChI is InChI=1S/C23H21N3O3S/c1-4-18-15(3)22(17-7-5-6-8-20(17)25-18)23(28)29-12-21(27)26-19-10-9-16(30-13-24)11-14(19)2/h5-11H,4,12H2,1-3H3,(H,26,27). The van der Waals surface area contributed by atoms with Crippen molar-refractivity contribution in [1.29, 1.82) is 5.26 Å². The summed E-state index contributed by atoms with van der Waals surface area (Å²) in [7, 11) is 0. The minimum Gasteiger partial charge on any atom is -0.452 e. The summed E-state index contributed by atoms with van der Waals surface area (Å²) >= 11 is 1.05. The Morgan fingerprint density at radius 3 is 2.67 bits per heavy atom. The van der Waals surface area contributed by atoms with Crippen LogP contribution in [0.25, 0.3) is 10.9 Å². The van der Waals surface area contributed by atoms with E-state index in [1.54, 1.807) is 12.1 Å². The van der Waals surface area contributed by atoms with Crippen LogP contribution in [0.4, 0.5) is 5.69 Å². The van der Waals surface area contributed by atoms with Crippen molar-refractivity contribution in [3.05, 3.63) is 64.8 Å². The normalized spacial score (nSPS) is 10.5. The monoisotopic (exact) mass is 419 g/mol. The first-order chi connectivity index (χ1) is 14.4. The molecule has 1 heterocycles. The molecule has 3 aromatic rings. The molecule has 0 bridgehead atoms. The molecule has 7 heteroatoms. The molecule has 152 valence electrons. The maximum Gasteiger partial charge on any atom is 0.339 e. The number of rotatable bonds is 6. The number of esters is 1. The van der Waals surface area contributed by atoms with E-state index in [9.17, 15) is 9.59 Å². The van der Waals surface area contributed by atoms with Crippen molar-refractivity contribution in [2.24, 2.45) is 0 Å². The first kappa shape index (κ1) is 21.3. The average molecular weight is 420 g/mol. The Kier molecular flexibility index (Phi) is 6.70. The molecule has 0 fully saturated rings. The average Bonchev–Trinajstić information content (AvgIpc) is 2.73. The number of amides is 1. The molecule has 0 unspecified atom stereocenters. The van der Waals surface area contributed by atoms with Crippen LogP contribution in [0.5, 0.6) is 0 Å². The number of aromatic nitrogens is 1. The third kappa shape index (κ3) is 4.61. The van der Waals surface area contributed by atoms with Gasteiger partial charge in [0.15, 0.2) is 6.61 Å². The van der Waals surface area contributed by atoms with Gasteiger partial charge in [-0.2, -0.15) is 5.26 Å². The van der Waals surface area contributed by atoms with Gasteiger partial charge in [-0.1, -0.05) is 25.1 Å². The van der Waals surface area contributed by atoms with Gasteiger partial charge in [-0.25, -0.2) is 4.79 Å². The van der Waals surface area contributed by atoms with Crippen molar-refractivity contribution in [3.63, 3.8) is 0 Å². The van der Waals surface area contributed by atoms with Crippen LogP contribution >= 0.6 is 11.8 Å². The summed E-state index contributed by atoms with van der Waals surface area (Å²) in [5, 5.41) is 14.2. The highest BCUT2D eigenvalue weighted by atomic mass is 32.2. The summed E-state index contributed by atoms with van der Waals surface area (Å²) in [4.78, 5) is 30.6. The van der Waals surface area contributed by atoms with Crippen LogP contribution in [0.3, 0.4) is 0 Å². The molecule has 1 amide bonds. The number of nitrogens with one attached hydrogen (secondary N) is 1. The molecule has 0 radical (unpaired) electrons. The molecule has 3 rings (SSSR count). The molecular weight excluding hydrogens is 398 g/mol. The van der Waals surface area contributed by atoms with E-state index in [2.05, 4.69) is 10.3 Å². The van der Waals surface area contributed by atoms with E-state index in [-0.39, 0.29) is 0 Å². The van der Waals surface area contributed by atoms with Crippen molar-refractivity contribution in [2.45, 2.75) is 32.1 Å². The van der Waals surface area contributed by atoms with E-state index < -0.39 is 18.5 Å². The molecule has 0 spiro atoms. The first-order valence-electron chi connectivity index (χ1n) is 9.46. The number of hydrogen-bond acceptors (Lipinski definition) is 6. The molecule has 0 aliphatic carbocycles. The number of nitriles is 1. The summed E-state index contributed by atoms with van der Waals surface area (Å²) < 4.78 is 5.33. The summed E-state index contributed by atoms with van der Waals surface area (Å²) in [6, 6.07) is 12.7. The van der Waals surface area contributed by atoms with Gasteiger partial charge in [0, 0.05) is 21.7 Å². The number of anilines is 1. The van der Waals surface area contributed by atoms with Crippen molar-refractivity contribution in [2.75, 3.05) is 11.9 Å². The third-order valence-electron chi connectivity index (χ3n) is 4.75. The molecule has 1 aromatic heterocycles. The second-order valence-corrected chi connectivity index (χ2v) is 7.58. The molecule has 30 heavy (non-hydrogen) atoms. The van der Waals surface area contributed by atoms with Gasteiger partial charge >= 0.3 is 5.97 Å². The number of fused-ring (bicyclic) bond motifs is 1. The van der Waals surface area contributed by atoms with Crippen LogP contribution in [0, 0.1) is 24.5 Å². The highest BCUT2D eigenvalue weighted by Gasteiger charge is 2.19. The summed E-state index contributed by atoms with van der Waals surface area (Å²) in [6.07, 6.45) is 0.691. The Morgan fingerprint density at radius 1 is 1.20 bits per heavy atom. The number of para-hydroxylation sites is 1. The Labute approximate surface area is 179 Å². The van der Waals surface area contributed by atoms with Crippen LogP contribution in [0.2, 0.25) is 0 Å². The lowest BCUT2D eigenvalue weighted by molar-refractivity contribution is -0.119. The maximum absolute atomic E-state index is 12.8. The lowest BCUT2D eigenvalue weighted by atomic mass is 10.0. The molecular formula is C23H21N3O3S. The zero-order chi connectivity index (χ0) is 21.7. The maximum atomic E-state index is 12.8. The zero-order valence-corrected chi connectivity index (χ0v) is 17.8. The number of aryl methyl sites for hydroxylation is 2. The second-order valence-electron chi connectivity index (χ2n) is 6.72. The number of benzene rings is 2. The third-order valence-corrected chi connectivity index (χ3v) is 5.33. The molecule has 0 aliphatic rings. The summed E-state index contributed by atoms with van der Waals surface area (Å²) in [5.74, 6) is -0.979. The molecule has 0 aliphatic heterocycles. The lowest BCUT2D eigenvalue weighted by Crippen LogP contribution is -2.22. The number of pyridine rings is 1. The van der Waals surface area contributed by atoms with Gasteiger partial charge in [-0.05, 0) is 67.4 Å². The zero-order valence-electron chi connectivity index (χ0n) is 17.0. The number of hydrogen-bond donors (Lipinski definition) is 1. The fourth-order valence-electron chi connectivity index (χ4n) is 3.25. The fourth-order valence-corrected chi connectivity index (χ4v) is 3.72. The van der Waals surface area contributed by atoms with Gasteiger partial charge in [-0.15, -0.1) is 0 Å². The molecule has 0 saturated carbocycles.